The second-order valence-corrected chi connectivity index (χ2v) is 9.50. The molecule has 1 aromatic carbocycles. The average molecular weight is 415 g/mol. The van der Waals surface area contributed by atoms with Gasteiger partial charge in [0.05, 0.1) is 12.3 Å². The SMILES string of the molecule is CCn1c(SCC(=O)NCc2cccs2)nnc1-c1ccc(C(C)(C)C)cc1. The zero-order valence-corrected chi connectivity index (χ0v) is 18.4. The Balaban J connectivity index is 1.65. The first-order chi connectivity index (χ1) is 13.4. The monoisotopic (exact) mass is 414 g/mol. The smallest absolute Gasteiger partial charge is 0.230 e. The summed E-state index contributed by atoms with van der Waals surface area (Å²) < 4.78 is 2.06. The molecule has 5 nitrogen and oxygen atoms in total. The van der Waals surface area contributed by atoms with Crippen LogP contribution >= 0.6 is 23.1 Å². The third kappa shape index (κ3) is 5.02. The Morgan fingerprint density at radius 3 is 2.54 bits per heavy atom. The molecule has 148 valence electrons. The summed E-state index contributed by atoms with van der Waals surface area (Å²) in [6, 6.07) is 12.5. The second kappa shape index (κ2) is 8.92. The van der Waals surface area contributed by atoms with Gasteiger partial charge in [0.15, 0.2) is 11.0 Å². The summed E-state index contributed by atoms with van der Waals surface area (Å²) in [7, 11) is 0. The molecular formula is C21H26N4OS2. The van der Waals surface area contributed by atoms with Crippen LogP contribution in [-0.4, -0.2) is 26.4 Å². The topological polar surface area (TPSA) is 59.8 Å². The van der Waals surface area contributed by atoms with Crippen molar-refractivity contribution < 1.29 is 4.79 Å². The van der Waals surface area contributed by atoms with Crippen molar-refractivity contribution in [3.63, 3.8) is 0 Å². The summed E-state index contributed by atoms with van der Waals surface area (Å²) in [4.78, 5) is 13.3. The summed E-state index contributed by atoms with van der Waals surface area (Å²) in [5.74, 6) is 1.16. The predicted molar refractivity (Wildman–Crippen MR) is 117 cm³/mol. The number of hydrogen-bond acceptors (Lipinski definition) is 5. The normalized spacial score (nSPS) is 11.6. The summed E-state index contributed by atoms with van der Waals surface area (Å²) >= 11 is 3.06. The first kappa shape index (κ1) is 20.6. The van der Waals surface area contributed by atoms with Crippen LogP contribution in [0.15, 0.2) is 46.9 Å². The van der Waals surface area contributed by atoms with Crippen LogP contribution in [0.25, 0.3) is 11.4 Å². The van der Waals surface area contributed by atoms with Crippen LogP contribution in [0.3, 0.4) is 0 Å². The molecule has 0 unspecified atom stereocenters. The van der Waals surface area contributed by atoms with Crippen LogP contribution in [0.5, 0.6) is 0 Å². The van der Waals surface area contributed by atoms with E-state index in [1.165, 1.54) is 17.3 Å². The first-order valence-corrected chi connectivity index (χ1v) is 11.2. The average Bonchev–Trinajstić information content (AvgIpc) is 3.33. The first-order valence-electron chi connectivity index (χ1n) is 9.34. The Bertz CT molecular complexity index is 909. The molecule has 0 spiro atoms. The summed E-state index contributed by atoms with van der Waals surface area (Å²) in [5.41, 5.74) is 2.45. The van der Waals surface area contributed by atoms with E-state index in [9.17, 15) is 4.79 Å². The minimum absolute atomic E-state index is 0.000123. The summed E-state index contributed by atoms with van der Waals surface area (Å²) in [6.45, 7) is 10.0. The summed E-state index contributed by atoms with van der Waals surface area (Å²) in [5, 5.41) is 14.4. The van der Waals surface area contributed by atoms with Gasteiger partial charge in [-0.05, 0) is 29.3 Å². The van der Waals surface area contributed by atoms with Crippen molar-refractivity contribution >= 4 is 29.0 Å². The maximum absolute atomic E-state index is 12.1. The molecule has 2 aromatic heterocycles. The molecule has 2 heterocycles. The molecule has 28 heavy (non-hydrogen) atoms. The Morgan fingerprint density at radius 1 is 1.18 bits per heavy atom. The quantitative estimate of drug-likeness (QED) is 0.568. The number of rotatable bonds is 7. The molecule has 0 saturated heterocycles. The van der Waals surface area contributed by atoms with E-state index < -0.39 is 0 Å². The molecule has 0 aliphatic rings. The van der Waals surface area contributed by atoms with Gasteiger partial charge < -0.3 is 9.88 Å². The maximum Gasteiger partial charge on any atom is 0.230 e. The number of carbonyl (C=O) groups excluding carboxylic acids is 1. The lowest BCUT2D eigenvalue weighted by molar-refractivity contribution is -0.118. The van der Waals surface area contributed by atoms with Crippen molar-refractivity contribution in [3.8, 4) is 11.4 Å². The van der Waals surface area contributed by atoms with E-state index in [1.807, 2.05) is 17.5 Å². The Kier molecular flexibility index (Phi) is 6.57. The molecule has 7 heteroatoms. The molecule has 0 aliphatic carbocycles. The fourth-order valence-electron chi connectivity index (χ4n) is 2.79. The predicted octanol–water partition coefficient (Wildman–Crippen LogP) is 4.73. The Hall–Kier alpha value is -2.12. The van der Waals surface area contributed by atoms with Gasteiger partial charge in [-0.1, -0.05) is 62.9 Å². The van der Waals surface area contributed by atoms with E-state index in [0.717, 1.165) is 28.0 Å². The number of thiophene rings is 1. The fourth-order valence-corrected chi connectivity index (χ4v) is 4.27. The highest BCUT2D eigenvalue weighted by Crippen LogP contribution is 2.27. The number of hydrogen-bond donors (Lipinski definition) is 1. The standard InChI is InChI=1S/C21H26N4OS2/c1-5-25-19(15-8-10-16(11-9-15)21(2,3)4)23-24-20(25)28-14-18(26)22-13-17-7-6-12-27-17/h6-12H,5,13-14H2,1-4H3,(H,22,26). The highest BCUT2D eigenvalue weighted by molar-refractivity contribution is 7.99. The van der Waals surface area contributed by atoms with Crippen molar-refractivity contribution in [2.75, 3.05) is 5.75 Å². The van der Waals surface area contributed by atoms with E-state index in [0.29, 0.717) is 12.3 Å². The van der Waals surface area contributed by atoms with Gasteiger partial charge in [-0.15, -0.1) is 21.5 Å². The van der Waals surface area contributed by atoms with E-state index in [-0.39, 0.29) is 11.3 Å². The lowest BCUT2D eigenvalue weighted by Gasteiger charge is -2.19. The number of amides is 1. The molecule has 0 fully saturated rings. The zero-order valence-electron chi connectivity index (χ0n) is 16.7. The summed E-state index contributed by atoms with van der Waals surface area (Å²) in [6.07, 6.45) is 0. The zero-order chi connectivity index (χ0) is 20.1. The highest BCUT2D eigenvalue weighted by Gasteiger charge is 2.17. The number of carbonyl (C=O) groups is 1. The van der Waals surface area contributed by atoms with Crippen molar-refractivity contribution in [3.05, 3.63) is 52.2 Å². The van der Waals surface area contributed by atoms with E-state index >= 15 is 0 Å². The van der Waals surface area contributed by atoms with Crippen molar-refractivity contribution in [1.82, 2.24) is 20.1 Å². The molecule has 1 N–H and O–H groups in total. The lowest BCUT2D eigenvalue weighted by atomic mass is 9.87. The van der Waals surface area contributed by atoms with E-state index in [2.05, 4.69) is 72.0 Å². The van der Waals surface area contributed by atoms with Crippen LogP contribution < -0.4 is 5.32 Å². The van der Waals surface area contributed by atoms with Crippen molar-refractivity contribution in [2.24, 2.45) is 0 Å². The van der Waals surface area contributed by atoms with Crippen LogP contribution in [0, 0.1) is 0 Å². The number of nitrogens with one attached hydrogen (secondary N) is 1. The number of thioether (sulfide) groups is 1. The third-order valence-corrected chi connectivity index (χ3v) is 6.26. The molecule has 1 amide bonds. The van der Waals surface area contributed by atoms with Gasteiger partial charge in [-0.3, -0.25) is 4.79 Å². The third-order valence-electron chi connectivity index (χ3n) is 4.41. The number of nitrogens with zero attached hydrogens (tertiary/aromatic N) is 3. The van der Waals surface area contributed by atoms with E-state index in [4.69, 9.17) is 0 Å². The van der Waals surface area contributed by atoms with Gasteiger partial charge in [0.25, 0.3) is 0 Å². The van der Waals surface area contributed by atoms with Gasteiger partial charge in [-0.25, -0.2) is 0 Å². The van der Waals surface area contributed by atoms with Crippen molar-refractivity contribution in [2.45, 2.75) is 51.4 Å². The highest BCUT2D eigenvalue weighted by atomic mass is 32.2. The molecule has 0 saturated carbocycles. The Labute approximate surface area is 174 Å². The van der Waals surface area contributed by atoms with Gasteiger partial charge in [0, 0.05) is 17.0 Å². The lowest BCUT2D eigenvalue weighted by Crippen LogP contribution is -2.24. The molecule has 0 bridgehead atoms. The minimum atomic E-state index is 0.000123. The van der Waals surface area contributed by atoms with Gasteiger partial charge in [-0.2, -0.15) is 0 Å². The fraction of sp³-hybridized carbons (Fsp3) is 0.381. The van der Waals surface area contributed by atoms with Crippen LogP contribution in [0.2, 0.25) is 0 Å². The van der Waals surface area contributed by atoms with Crippen LogP contribution in [-0.2, 0) is 23.3 Å². The van der Waals surface area contributed by atoms with E-state index in [1.54, 1.807) is 11.3 Å². The Morgan fingerprint density at radius 2 is 1.93 bits per heavy atom. The van der Waals surface area contributed by atoms with Gasteiger partial charge in [0.1, 0.15) is 0 Å². The second-order valence-electron chi connectivity index (χ2n) is 7.52. The largest absolute Gasteiger partial charge is 0.350 e. The van der Waals surface area contributed by atoms with Crippen LogP contribution in [0.1, 0.15) is 38.1 Å². The van der Waals surface area contributed by atoms with Gasteiger partial charge in [0.2, 0.25) is 5.91 Å². The molecular weight excluding hydrogens is 388 g/mol. The minimum Gasteiger partial charge on any atom is -0.350 e. The molecule has 3 rings (SSSR count). The molecule has 0 aliphatic heterocycles. The molecule has 0 radical (unpaired) electrons. The maximum atomic E-state index is 12.1. The van der Waals surface area contributed by atoms with Crippen LogP contribution in [0.4, 0.5) is 0 Å². The number of benzene rings is 1. The van der Waals surface area contributed by atoms with Crippen molar-refractivity contribution in [1.29, 1.82) is 0 Å². The molecule has 3 aromatic rings. The molecule has 0 atom stereocenters. The number of aromatic nitrogens is 3. The van der Waals surface area contributed by atoms with Gasteiger partial charge >= 0.3 is 0 Å².